The van der Waals surface area contributed by atoms with E-state index >= 15 is 0 Å². The Balaban J connectivity index is 1.67. The van der Waals surface area contributed by atoms with Crippen molar-refractivity contribution in [2.75, 3.05) is 13.6 Å². The van der Waals surface area contributed by atoms with Gasteiger partial charge in [-0.05, 0) is 51.8 Å². The summed E-state index contributed by atoms with van der Waals surface area (Å²) in [4.78, 5) is 2.70. The van der Waals surface area contributed by atoms with Crippen molar-refractivity contribution in [3.05, 3.63) is 23.2 Å². The zero-order valence-electron chi connectivity index (χ0n) is 12.2. The van der Waals surface area contributed by atoms with Gasteiger partial charge >= 0.3 is 0 Å². The van der Waals surface area contributed by atoms with Crippen LogP contribution < -0.4 is 5.32 Å². The normalized spacial score (nSPS) is 27.7. The molecule has 3 rings (SSSR count). The lowest BCUT2D eigenvalue weighted by Gasteiger charge is -2.31. The van der Waals surface area contributed by atoms with E-state index < -0.39 is 0 Å². The van der Waals surface area contributed by atoms with E-state index in [1.54, 1.807) is 0 Å². The summed E-state index contributed by atoms with van der Waals surface area (Å²) >= 11 is 0. The van der Waals surface area contributed by atoms with Gasteiger partial charge in [-0.1, -0.05) is 12.8 Å². The molecule has 3 heteroatoms. The molecule has 106 valence electrons. The topological polar surface area (TPSA) is 28.4 Å². The first-order valence-corrected chi connectivity index (χ1v) is 7.74. The number of fused-ring (bicyclic) bond motifs is 1. The highest BCUT2D eigenvalue weighted by molar-refractivity contribution is 5.21. The van der Waals surface area contributed by atoms with Gasteiger partial charge in [0.15, 0.2) is 0 Å². The van der Waals surface area contributed by atoms with E-state index in [1.165, 1.54) is 44.2 Å². The summed E-state index contributed by atoms with van der Waals surface area (Å²) in [7, 11) is 1.96. The molecule has 2 unspecified atom stereocenters. The molecule has 1 saturated heterocycles. The van der Waals surface area contributed by atoms with E-state index in [1.807, 2.05) is 7.05 Å². The molecule has 2 atom stereocenters. The molecule has 2 fully saturated rings. The number of hydrogen-bond acceptors (Lipinski definition) is 3. The standard InChI is InChI=1S/C16H26N2O/c1-12-14(9-15(19-12)10-17-2)11-18-8-7-13-5-3-4-6-16(13)18/h9,13,16-17H,3-8,10-11H2,1-2H3. The van der Waals surface area contributed by atoms with Gasteiger partial charge in [0, 0.05) is 18.2 Å². The highest BCUT2D eigenvalue weighted by Gasteiger charge is 2.35. The average Bonchev–Trinajstić information content (AvgIpc) is 2.96. The van der Waals surface area contributed by atoms with Gasteiger partial charge < -0.3 is 9.73 Å². The highest BCUT2D eigenvalue weighted by atomic mass is 16.3. The first kappa shape index (κ1) is 13.2. The molecule has 2 aliphatic rings. The number of nitrogens with one attached hydrogen (secondary N) is 1. The van der Waals surface area contributed by atoms with Crippen molar-refractivity contribution in [1.82, 2.24) is 10.2 Å². The van der Waals surface area contributed by atoms with Crippen LogP contribution in [-0.2, 0) is 13.1 Å². The predicted octanol–water partition coefficient (Wildman–Crippen LogP) is 3.07. The minimum absolute atomic E-state index is 0.826. The molecule has 1 saturated carbocycles. The second kappa shape index (κ2) is 5.68. The van der Waals surface area contributed by atoms with Gasteiger partial charge in [0.25, 0.3) is 0 Å². The fourth-order valence-electron chi connectivity index (χ4n) is 3.92. The zero-order chi connectivity index (χ0) is 13.2. The Hall–Kier alpha value is -0.800. The summed E-state index contributed by atoms with van der Waals surface area (Å²) < 4.78 is 5.81. The quantitative estimate of drug-likeness (QED) is 0.904. The molecule has 0 aromatic carbocycles. The minimum Gasteiger partial charge on any atom is -0.465 e. The van der Waals surface area contributed by atoms with Gasteiger partial charge in [0.05, 0.1) is 6.54 Å². The number of nitrogens with zero attached hydrogens (tertiary/aromatic N) is 1. The smallest absolute Gasteiger partial charge is 0.118 e. The second-order valence-electron chi connectivity index (χ2n) is 6.20. The van der Waals surface area contributed by atoms with Gasteiger partial charge in [0.1, 0.15) is 11.5 Å². The molecule has 1 aliphatic heterocycles. The van der Waals surface area contributed by atoms with E-state index in [9.17, 15) is 0 Å². The number of likely N-dealkylation sites (tertiary alicyclic amines) is 1. The lowest BCUT2D eigenvalue weighted by Crippen LogP contribution is -2.34. The number of rotatable bonds is 4. The minimum atomic E-state index is 0.826. The van der Waals surface area contributed by atoms with Crippen LogP contribution in [0.1, 0.15) is 49.2 Å². The fraction of sp³-hybridized carbons (Fsp3) is 0.750. The van der Waals surface area contributed by atoms with Crippen LogP contribution in [0.3, 0.4) is 0 Å². The van der Waals surface area contributed by atoms with Crippen LogP contribution in [0.2, 0.25) is 0 Å². The van der Waals surface area contributed by atoms with Crippen LogP contribution in [0, 0.1) is 12.8 Å². The monoisotopic (exact) mass is 262 g/mol. The Morgan fingerprint density at radius 1 is 1.32 bits per heavy atom. The van der Waals surface area contributed by atoms with E-state index in [4.69, 9.17) is 4.42 Å². The molecular formula is C16H26N2O. The van der Waals surface area contributed by atoms with Crippen molar-refractivity contribution >= 4 is 0 Å². The summed E-state index contributed by atoms with van der Waals surface area (Å²) in [5, 5.41) is 3.16. The van der Waals surface area contributed by atoms with Crippen LogP contribution in [0.5, 0.6) is 0 Å². The molecule has 0 spiro atoms. The van der Waals surface area contributed by atoms with Crippen LogP contribution in [0.25, 0.3) is 0 Å². The van der Waals surface area contributed by atoms with Gasteiger partial charge in [-0.15, -0.1) is 0 Å². The third kappa shape index (κ3) is 2.72. The van der Waals surface area contributed by atoms with E-state index in [0.717, 1.165) is 36.6 Å². The highest BCUT2D eigenvalue weighted by Crippen LogP contribution is 2.37. The Bertz CT molecular complexity index is 426. The number of hydrogen-bond donors (Lipinski definition) is 1. The summed E-state index contributed by atoms with van der Waals surface area (Å²) in [6.07, 6.45) is 7.14. The molecule has 2 heterocycles. The molecule has 1 aromatic rings. The summed E-state index contributed by atoms with van der Waals surface area (Å²) in [5.74, 6) is 3.14. The molecule has 1 aromatic heterocycles. The van der Waals surface area contributed by atoms with Crippen molar-refractivity contribution < 1.29 is 4.42 Å². The predicted molar refractivity (Wildman–Crippen MR) is 77.0 cm³/mol. The van der Waals surface area contributed by atoms with Gasteiger partial charge in [0.2, 0.25) is 0 Å². The molecule has 3 nitrogen and oxygen atoms in total. The van der Waals surface area contributed by atoms with Gasteiger partial charge in [-0.3, -0.25) is 4.90 Å². The maximum Gasteiger partial charge on any atom is 0.118 e. The first-order valence-electron chi connectivity index (χ1n) is 7.74. The van der Waals surface area contributed by atoms with E-state index in [0.29, 0.717) is 0 Å². The molecule has 19 heavy (non-hydrogen) atoms. The van der Waals surface area contributed by atoms with Crippen molar-refractivity contribution in [3.63, 3.8) is 0 Å². The maximum absolute atomic E-state index is 5.81. The lowest BCUT2D eigenvalue weighted by molar-refractivity contribution is 0.175. The van der Waals surface area contributed by atoms with Gasteiger partial charge in [-0.2, -0.15) is 0 Å². The third-order valence-electron chi connectivity index (χ3n) is 4.92. The molecule has 1 aliphatic carbocycles. The Morgan fingerprint density at radius 3 is 3.00 bits per heavy atom. The maximum atomic E-state index is 5.81. The molecule has 0 bridgehead atoms. The van der Waals surface area contributed by atoms with E-state index in [2.05, 4.69) is 23.2 Å². The largest absolute Gasteiger partial charge is 0.465 e. The Morgan fingerprint density at radius 2 is 2.16 bits per heavy atom. The third-order valence-corrected chi connectivity index (χ3v) is 4.92. The average molecular weight is 262 g/mol. The van der Waals surface area contributed by atoms with Crippen molar-refractivity contribution in [1.29, 1.82) is 0 Å². The molecule has 1 N–H and O–H groups in total. The molecular weight excluding hydrogens is 236 g/mol. The van der Waals surface area contributed by atoms with E-state index in [-0.39, 0.29) is 0 Å². The van der Waals surface area contributed by atoms with Crippen LogP contribution >= 0.6 is 0 Å². The Kier molecular flexibility index (Phi) is 3.94. The molecule has 0 amide bonds. The van der Waals surface area contributed by atoms with Crippen LogP contribution in [0.4, 0.5) is 0 Å². The van der Waals surface area contributed by atoms with Crippen LogP contribution in [0.15, 0.2) is 10.5 Å². The van der Waals surface area contributed by atoms with Crippen LogP contribution in [-0.4, -0.2) is 24.5 Å². The van der Waals surface area contributed by atoms with Crippen molar-refractivity contribution in [2.45, 2.75) is 58.2 Å². The number of furan rings is 1. The SMILES string of the molecule is CNCc1cc(CN2CCC3CCCCC32)c(C)o1. The Labute approximate surface area is 116 Å². The summed E-state index contributed by atoms with van der Waals surface area (Å²) in [6.45, 7) is 5.29. The second-order valence-corrected chi connectivity index (χ2v) is 6.20. The van der Waals surface area contributed by atoms with Crippen molar-refractivity contribution in [3.8, 4) is 0 Å². The van der Waals surface area contributed by atoms with Crippen molar-refractivity contribution in [2.24, 2.45) is 5.92 Å². The summed E-state index contributed by atoms with van der Waals surface area (Å²) in [6, 6.07) is 3.08. The van der Waals surface area contributed by atoms with Gasteiger partial charge in [-0.25, -0.2) is 0 Å². The molecule has 0 radical (unpaired) electrons. The lowest BCUT2D eigenvalue weighted by atomic mass is 9.85. The zero-order valence-corrected chi connectivity index (χ0v) is 12.2. The first-order chi connectivity index (χ1) is 9.28. The summed E-state index contributed by atoms with van der Waals surface area (Å²) in [5.41, 5.74) is 1.39. The fourth-order valence-corrected chi connectivity index (χ4v) is 3.92. The number of aryl methyl sites for hydroxylation is 1.